The Morgan fingerprint density at radius 1 is 1.10 bits per heavy atom. The predicted molar refractivity (Wildman–Crippen MR) is 65.1 cm³/mol. The van der Waals surface area contributed by atoms with Crippen LogP contribution in [0.15, 0.2) is 40.8 Å². The Morgan fingerprint density at radius 3 is 2.25 bits per heavy atom. The third-order valence-corrected chi connectivity index (χ3v) is 2.38. The van der Waals surface area contributed by atoms with Crippen LogP contribution in [0.3, 0.4) is 0 Å². The van der Waals surface area contributed by atoms with Gasteiger partial charge < -0.3 is 14.3 Å². The Kier molecular flexibility index (Phi) is 5.69. The molecule has 0 amide bonds. The molecule has 20 heavy (non-hydrogen) atoms. The molecule has 0 aliphatic carbocycles. The second-order valence-electron chi connectivity index (χ2n) is 3.68. The molecule has 1 aromatic heterocycles. The molecule has 0 aliphatic rings. The summed E-state index contributed by atoms with van der Waals surface area (Å²) in [4.78, 5) is 20.3. The summed E-state index contributed by atoms with van der Waals surface area (Å²) in [7, 11) is 0. The largest absolute Gasteiger partial charge is 1.00 e. The Hall–Kier alpha value is -1.89. The van der Waals surface area contributed by atoms with Crippen LogP contribution in [0.25, 0.3) is 12.2 Å². The van der Waals surface area contributed by atoms with Crippen LogP contribution in [-0.4, -0.2) is 10.9 Å². The quantitative estimate of drug-likeness (QED) is 0.395. The molecule has 0 aliphatic heterocycles. The van der Waals surface area contributed by atoms with E-state index in [4.69, 9.17) is 4.42 Å². The van der Waals surface area contributed by atoms with Crippen molar-refractivity contribution < 1.29 is 48.8 Å². The zero-order valence-corrected chi connectivity index (χ0v) is 12.6. The number of carbonyl (C=O) groups excluding carboxylic acids is 1. The van der Waals surface area contributed by atoms with Crippen LogP contribution in [0.2, 0.25) is 0 Å². The molecule has 0 radical (unpaired) electrons. The first-order valence-corrected chi connectivity index (χ1v) is 5.30. The number of nitro groups is 1. The van der Waals surface area contributed by atoms with Gasteiger partial charge in [0.25, 0.3) is 0 Å². The third-order valence-electron chi connectivity index (χ3n) is 2.38. The minimum absolute atomic E-state index is 0. The van der Waals surface area contributed by atoms with Crippen LogP contribution in [0.1, 0.15) is 21.7 Å². The van der Waals surface area contributed by atoms with Gasteiger partial charge in [-0.1, -0.05) is 30.3 Å². The van der Waals surface area contributed by atoms with Gasteiger partial charge in [-0.25, -0.2) is 0 Å². The molecule has 2 rings (SSSR count). The first kappa shape index (κ1) is 16.2. The molecule has 7 heteroatoms. The maximum atomic E-state index is 10.6. The number of rotatable bonds is 4. The fourth-order valence-electron chi connectivity index (χ4n) is 1.44. The fourth-order valence-corrected chi connectivity index (χ4v) is 1.44. The number of nitrogens with zero attached hydrogens (tertiary/aromatic N) is 1. The van der Waals surface area contributed by atoms with Crippen LogP contribution >= 0.6 is 0 Å². The van der Waals surface area contributed by atoms with E-state index in [9.17, 15) is 20.0 Å². The molecule has 0 saturated heterocycles. The van der Waals surface area contributed by atoms with E-state index in [2.05, 4.69) is 0 Å². The van der Waals surface area contributed by atoms with Crippen molar-refractivity contribution in [1.29, 1.82) is 0 Å². The molecule has 0 unspecified atom stereocenters. The van der Waals surface area contributed by atoms with E-state index < -0.39 is 10.9 Å². The van der Waals surface area contributed by atoms with Gasteiger partial charge in [-0.2, -0.15) is 0 Å². The summed E-state index contributed by atoms with van der Waals surface area (Å²) in [6.45, 7) is 0. The van der Waals surface area contributed by atoms with Gasteiger partial charge in [0, 0.05) is 0 Å². The molecule has 6 nitrogen and oxygen atoms in total. The van der Waals surface area contributed by atoms with Crippen molar-refractivity contribution in [3.63, 3.8) is 0 Å². The van der Waals surface area contributed by atoms with Crippen molar-refractivity contribution in [3.8, 4) is 0 Å². The standard InChI is InChI=1S/C13H9NO5.Na/c15-13(16)10-4-1-9(2-5-10)3-6-11-7-8-12(19-11)14(17)18;/h1-8H,(H,15,16);/q;+1/p-1. The zero-order valence-electron chi connectivity index (χ0n) is 10.6. The minimum atomic E-state index is -1.24. The number of hydrogen-bond acceptors (Lipinski definition) is 5. The van der Waals surface area contributed by atoms with Crippen molar-refractivity contribution in [2.75, 3.05) is 0 Å². The van der Waals surface area contributed by atoms with Crippen LogP contribution in [0.4, 0.5) is 5.88 Å². The van der Waals surface area contributed by atoms with Crippen molar-refractivity contribution in [2.24, 2.45) is 0 Å². The molecule has 0 fully saturated rings. The number of benzene rings is 1. The number of carboxylic acid groups (broad SMARTS) is 1. The average molecular weight is 281 g/mol. The van der Waals surface area contributed by atoms with Crippen LogP contribution in [0, 0.1) is 10.1 Å². The summed E-state index contributed by atoms with van der Waals surface area (Å²) in [6, 6.07) is 8.76. The van der Waals surface area contributed by atoms with E-state index in [0.717, 1.165) is 5.56 Å². The summed E-state index contributed by atoms with van der Waals surface area (Å²) in [6.07, 6.45) is 3.21. The molecule has 2 aromatic rings. The zero-order chi connectivity index (χ0) is 13.8. The predicted octanol–water partition coefficient (Wildman–Crippen LogP) is -1.27. The normalized spacial score (nSPS) is 10.2. The van der Waals surface area contributed by atoms with Gasteiger partial charge >= 0.3 is 35.4 Å². The number of furan rings is 1. The second-order valence-corrected chi connectivity index (χ2v) is 3.68. The van der Waals surface area contributed by atoms with Gasteiger partial charge in [-0.15, -0.1) is 0 Å². The first-order valence-electron chi connectivity index (χ1n) is 5.30. The first-order chi connectivity index (χ1) is 9.06. The molecule has 0 bridgehead atoms. The molecule has 0 atom stereocenters. The Bertz CT molecular complexity index is 645. The van der Waals surface area contributed by atoms with Crippen LogP contribution in [0.5, 0.6) is 0 Å². The maximum absolute atomic E-state index is 10.6. The fraction of sp³-hybridized carbons (Fsp3) is 0. The molecule has 1 heterocycles. The Morgan fingerprint density at radius 2 is 1.75 bits per heavy atom. The number of carbonyl (C=O) groups is 1. The van der Waals surface area contributed by atoms with Crippen molar-refractivity contribution in [3.05, 3.63) is 63.4 Å². The van der Waals surface area contributed by atoms with Gasteiger partial charge in [-0.3, -0.25) is 10.1 Å². The van der Waals surface area contributed by atoms with Gasteiger partial charge in [0.1, 0.15) is 10.7 Å². The van der Waals surface area contributed by atoms with Gasteiger partial charge in [0.05, 0.1) is 12.0 Å². The summed E-state index contributed by atoms with van der Waals surface area (Å²) < 4.78 is 4.94. The average Bonchev–Trinajstić information content (AvgIpc) is 2.86. The summed E-state index contributed by atoms with van der Waals surface area (Å²) in [5.74, 6) is -1.22. The molecular weight excluding hydrogens is 273 g/mol. The second kappa shape index (κ2) is 7.04. The van der Waals surface area contributed by atoms with E-state index >= 15 is 0 Å². The molecule has 1 aromatic carbocycles. The summed E-state index contributed by atoms with van der Waals surface area (Å²) in [5.41, 5.74) is 0.829. The van der Waals surface area contributed by atoms with Crippen LogP contribution < -0.4 is 34.7 Å². The van der Waals surface area contributed by atoms with E-state index in [1.165, 1.54) is 24.3 Å². The van der Waals surface area contributed by atoms with E-state index in [0.29, 0.717) is 5.76 Å². The van der Waals surface area contributed by atoms with E-state index in [-0.39, 0.29) is 41.0 Å². The SMILES string of the molecule is O=C([O-])c1ccc(C=Cc2ccc([N+](=O)[O-])o2)cc1.[Na+]. The van der Waals surface area contributed by atoms with Crippen molar-refractivity contribution in [1.82, 2.24) is 0 Å². The van der Waals surface area contributed by atoms with Gasteiger partial charge in [0.15, 0.2) is 0 Å². The molecule has 0 saturated carbocycles. The summed E-state index contributed by atoms with van der Waals surface area (Å²) >= 11 is 0. The Labute approximate surface area is 136 Å². The van der Waals surface area contributed by atoms with E-state index in [1.807, 2.05) is 0 Å². The van der Waals surface area contributed by atoms with Crippen molar-refractivity contribution in [2.45, 2.75) is 0 Å². The topological polar surface area (TPSA) is 96.4 Å². The van der Waals surface area contributed by atoms with Gasteiger partial charge in [0.2, 0.25) is 0 Å². The Balaban J connectivity index is 0.00000200. The minimum Gasteiger partial charge on any atom is -0.545 e. The molecular formula is C13H8NNaO5. The monoisotopic (exact) mass is 281 g/mol. The number of aromatic carboxylic acids is 1. The molecule has 0 spiro atoms. The smallest absolute Gasteiger partial charge is 0.545 e. The number of hydrogen-bond donors (Lipinski definition) is 0. The van der Waals surface area contributed by atoms with Crippen molar-refractivity contribution >= 4 is 24.0 Å². The number of carboxylic acids is 1. The maximum Gasteiger partial charge on any atom is 1.00 e. The van der Waals surface area contributed by atoms with E-state index in [1.54, 1.807) is 24.3 Å². The molecule has 0 N–H and O–H groups in total. The van der Waals surface area contributed by atoms with Crippen LogP contribution in [-0.2, 0) is 0 Å². The third kappa shape index (κ3) is 4.06. The molecule has 96 valence electrons. The van der Waals surface area contributed by atoms with Gasteiger partial charge in [-0.05, 0) is 23.3 Å². The summed E-state index contributed by atoms with van der Waals surface area (Å²) in [5, 5.41) is 21.0.